The summed E-state index contributed by atoms with van der Waals surface area (Å²) in [6, 6.07) is 0. The Bertz CT molecular complexity index is 514. The second-order valence-electron chi connectivity index (χ2n) is 5.96. The predicted molar refractivity (Wildman–Crippen MR) is 89.4 cm³/mol. The number of anilines is 2. The molecule has 0 bridgehead atoms. The Morgan fingerprint density at radius 2 is 1.95 bits per heavy atom. The molecule has 20 heavy (non-hydrogen) atoms. The Morgan fingerprint density at radius 3 is 2.50 bits per heavy atom. The van der Waals surface area contributed by atoms with Crippen molar-refractivity contribution >= 4 is 39.6 Å². The predicted octanol–water partition coefficient (Wildman–Crippen LogP) is 3.60. The van der Waals surface area contributed by atoms with Crippen LogP contribution >= 0.6 is 23.1 Å². The molecule has 1 saturated heterocycles. The minimum atomic E-state index is 0.0211. The van der Waals surface area contributed by atoms with Gasteiger partial charge in [0.25, 0.3) is 0 Å². The van der Waals surface area contributed by atoms with Crippen LogP contribution < -0.4 is 10.6 Å². The number of carbonyl (C=O) groups excluding carboxylic acids is 1. The van der Waals surface area contributed by atoms with E-state index in [1.807, 2.05) is 25.6 Å². The van der Waals surface area contributed by atoms with Crippen molar-refractivity contribution in [2.75, 3.05) is 35.2 Å². The number of thiophene rings is 1. The standard InChI is InChI=1S/C15H22N2OS2/c1-9(2)13(18)14-12(16)11(10-3-4-10)15(20-14)17-5-7-19-8-6-17/h9-10H,3-8,16H2,1-2H3. The van der Waals surface area contributed by atoms with Gasteiger partial charge < -0.3 is 10.6 Å². The lowest BCUT2D eigenvalue weighted by Crippen LogP contribution is -2.32. The van der Waals surface area contributed by atoms with Crippen molar-refractivity contribution in [3.8, 4) is 0 Å². The summed E-state index contributed by atoms with van der Waals surface area (Å²) in [7, 11) is 0. The van der Waals surface area contributed by atoms with Crippen LogP contribution in [-0.2, 0) is 0 Å². The first-order chi connectivity index (χ1) is 9.59. The number of thioether (sulfide) groups is 1. The Kier molecular flexibility index (Phi) is 4.00. The number of nitrogen functional groups attached to an aromatic ring is 1. The summed E-state index contributed by atoms with van der Waals surface area (Å²) < 4.78 is 0. The van der Waals surface area contributed by atoms with Crippen molar-refractivity contribution in [3.63, 3.8) is 0 Å². The maximum atomic E-state index is 12.4. The van der Waals surface area contributed by atoms with Gasteiger partial charge in [-0.05, 0) is 18.8 Å². The van der Waals surface area contributed by atoms with Crippen LogP contribution in [0.5, 0.6) is 0 Å². The highest BCUT2D eigenvalue weighted by Crippen LogP contribution is 2.52. The summed E-state index contributed by atoms with van der Waals surface area (Å²) in [5.41, 5.74) is 8.41. The van der Waals surface area contributed by atoms with Crippen LogP contribution in [0.25, 0.3) is 0 Å². The third-order valence-electron chi connectivity index (χ3n) is 4.00. The molecule has 1 aromatic rings. The van der Waals surface area contributed by atoms with Crippen LogP contribution in [0.2, 0.25) is 0 Å². The van der Waals surface area contributed by atoms with E-state index in [4.69, 9.17) is 5.73 Å². The molecule has 110 valence electrons. The van der Waals surface area contributed by atoms with Gasteiger partial charge in [-0.15, -0.1) is 11.3 Å². The average Bonchev–Trinajstić information content (AvgIpc) is 3.22. The Hall–Kier alpha value is -0.680. The summed E-state index contributed by atoms with van der Waals surface area (Å²) in [5, 5.41) is 1.29. The third kappa shape index (κ3) is 2.58. The number of nitrogens with zero attached hydrogens (tertiary/aromatic N) is 1. The second kappa shape index (κ2) is 5.60. The molecule has 1 aliphatic carbocycles. The van der Waals surface area contributed by atoms with E-state index in [1.54, 1.807) is 11.3 Å². The fourth-order valence-corrected chi connectivity index (χ4v) is 5.01. The van der Waals surface area contributed by atoms with E-state index >= 15 is 0 Å². The van der Waals surface area contributed by atoms with Crippen molar-refractivity contribution in [1.29, 1.82) is 0 Å². The van der Waals surface area contributed by atoms with Crippen molar-refractivity contribution in [2.24, 2.45) is 5.92 Å². The van der Waals surface area contributed by atoms with Gasteiger partial charge in [-0.25, -0.2) is 0 Å². The lowest BCUT2D eigenvalue weighted by Gasteiger charge is -2.28. The lowest BCUT2D eigenvalue weighted by atomic mass is 10.0. The fourth-order valence-electron chi connectivity index (χ4n) is 2.66. The molecule has 0 radical (unpaired) electrons. The first kappa shape index (κ1) is 14.3. The lowest BCUT2D eigenvalue weighted by molar-refractivity contribution is 0.0944. The van der Waals surface area contributed by atoms with Crippen LogP contribution in [0.4, 0.5) is 10.7 Å². The first-order valence-electron chi connectivity index (χ1n) is 7.38. The first-order valence-corrected chi connectivity index (χ1v) is 9.35. The molecule has 2 aliphatic rings. The number of Topliss-reactive ketones (excluding diaryl/α,β-unsaturated/α-hetero) is 1. The molecule has 0 amide bonds. The normalized spacial score (nSPS) is 19.6. The topological polar surface area (TPSA) is 46.3 Å². The maximum Gasteiger partial charge on any atom is 0.177 e. The van der Waals surface area contributed by atoms with Crippen LogP contribution in [-0.4, -0.2) is 30.4 Å². The van der Waals surface area contributed by atoms with E-state index in [0.717, 1.165) is 23.7 Å². The monoisotopic (exact) mass is 310 g/mol. The summed E-state index contributed by atoms with van der Waals surface area (Å²) in [5.74, 6) is 3.18. The Labute approximate surface area is 128 Å². The molecule has 2 heterocycles. The summed E-state index contributed by atoms with van der Waals surface area (Å²) in [6.45, 7) is 6.07. The van der Waals surface area contributed by atoms with Crippen molar-refractivity contribution in [3.05, 3.63) is 10.4 Å². The molecule has 1 aliphatic heterocycles. The van der Waals surface area contributed by atoms with Gasteiger partial charge in [-0.3, -0.25) is 4.79 Å². The van der Waals surface area contributed by atoms with E-state index in [0.29, 0.717) is 5.92 Å². The quantitative estimate of drug-likeness (QED) is 0.863. The minimum absolute atomic E-state index is 0.0211. The van der Waals surface area contributed by atoms with Gasteiger partial charge in [0.15, 0.2) is 5.78 Å². The number of ketones is 1. The molecule has 3 rings (SSSR count). The fraction of sp³-hybridized carbons (Fsp3) is 0.667. The van der Waals surface area contributed by atoms with E-state index in [-0.39, 0.29) is 11.7 Å². The number of rotatable bonds is 4. The van der Waals surface area contributed by atoms with Crippen molar-refractivity contribution < 1.29 is 4.79 Å². The summed E-state index contributed by atoms with van der Waals surface area (Å²) in [4.78, 5) is 15.6. The molecule has 1 aromatic heterocycles. The van der Waals surface area contributed by atoms with Gasteiger partial charge in [0, 0.05) is 36.1 Å². The van der Waals surface area contributed by atoms with Gasteiger partial charge in [0.05, 0.1) is 15.6 Å². The molecule has 2 N–H and O–H groups in total. The van der Waals surface area contributed by atoms with Gasteiger partial charge >= 0.3 is 0 Å². The van der Waals surface area contributed by atoms with E-state index < -0.39 is 0 Å². The number of carbonyl (C=O) groups is 1. The molecular weight excluding hydrogens is 288 g/mol. The van der Waals surface area contributed by atoms with Crippen molar-refractivity contribution in [2.45, 2.75) is 32.6 Å². The van der Waals surface area contributed by atoms with Crippen LogP contribution in [0.3, 0.4) is 0 Å². The summed E-state index contributed by atoms with van der Waals surface area (Å²) >= 11 is 3.65. The molecule has 5 heteroatoms. The molecule has 1 saturated carbocycles. The number of hydrogen-bond donors (Lipinski definition) is 1. The van der Waals surface area contributed by atoms with E-state index in [1.165, 1.54) is 34.9 Å². The highest BCUT2D eigenvalue weighted by atomic mass is 32.2. The highest BCUT2D eigenvalue weighted by molar-refractivity contribution is 7.99. The zero-order valence-corrected chi connectivity index (χ0v) is 13.8. The second-order valence-corrected chi connectivity index (χ2v) is 8.18. The van der Waals surface area contributed by atoms with Gasteiger partial charge in [0.2, 0.25) is 0 Å². The van der Waals surface area contributed by atoms with Crippen LogP contribution in [0, 0.1) is 5.92 Å². The molecule has 3 nitrogen and oxygen atoms in total. The van der Waals surface area contributed by atoms with E-state index in [2.05, 4.69) is 4.90 Å². The van der Waals surface area contributed by atoms with Gasteiger partial charge in [-0.2, -0.15) is 11.8 Å². The average molecular weight is 310 g/mol. The minimum Gasteiger partial charge on any atom is -0.397 e. The molecule has 0 aromatic carbocycles. The molecular formula is C15H22N2OS2. The smallest absolute Gasteiger partial charge is 0.177 e. The van der Waals surface area contributed by atoms with Gasteiger partial charge in [0.1, 0.15) is 0 Å². The molecule has 2 fully saturated rings. The van der Waals surface area contributed by atoms with Gasteiger partial charge in [-0.1, -0.05) is 13.8 Å². The van der Waals surface area contributed by atoms with Crippen LogP contribution in [0.15, 0.2) is 0 Å². The number of hydrogen-bond acceptors (Lipinski definition) is 5. The molecule has 0 unspecified atom stereocenters. The Balaban J connectivity index is 1.99. The zero-order valence-electron chi connectivity index (χ0n) is 12.1. The molecule has 0 spiro atoms. The summed E-state index contributed by atoms with van der Waals surface area (Å²) in [6.07, 6.45) is 2.46. The zero-order chi connectivity index (χ0) is 14.3. The third-order valence-corrected chi connectivity index (χ3v) is 6.24. The van der Waals surface area contributed by atoms with Crippen LogP contribution in [0.1, 0.15) is 47.8 Å². The maximum absolute atomic E-state index is 12.4. The SMILES string of the molecule is CC(C)C(=O)c1sc(N2CCSCC2)c(C2CC2)c1N. The van der Waals surface area contributed by atoms with E-state index in [9.17, 15) is 4.79 Å². The Morgan fingerprint density at radius 1 is 1.30 bits per heavy atom. The van der Waals surface area contributed by atoms with Crippen molar-refractivity contribution in [1.82, 2.24) is 0 Å². The molecule has 0 atom stereocenters. The largest absolute Gasteiger partial charge is 0.397 e. The highest BCUT2D eigenvalue weighted by Gasteiger charge is 2.35. The number of nitrogens with two attached hydrogens (primary N) is 1.